The zero-order valence-electron chi connectivity index (χ0n) is 21.2. The van der Waals surface area contributed by atoms with E-state index in [0.717, 1.165) is 5.56 Å². The highest BCUT2D eigenvalue weighted by molar-refractivity contribution is 7.15. The molecule has 4 aromatic rings. The molecule has 1 amide bonds. The van der Waals surface area contributed by atoms with Crippen molar-refractivity contribution < 1.29 is 23.8 Å². The maximum absolute atomic E-state index is 12.8. The maximum atomic E-state index is 12.8. The van der Waals surface area contributed by atoms with Crippen molar-refractivity contribution in [2.24, 2.45) is 0 Å². The number of carbonyl (C=O) groups excluding carboxylic acids is 2. The molecule has 1 heterocycles. The van der Waals surface area contributed by atoms with Crippen molar-refractivity contribution in [3.8, 4) is 22.6 Å². The van der Waals surface area contributed by atoms with Crippen molar-refractivity contribution in [2.45, 2.75) is 13.5 Å². The van der Waals surface area contributed by atoms with Gasteiger partial charge in [-0.3, -0.25) is 4.79 Å². The van der Waals surface area contributed by atoms with Crippen LogP contribution < -0.4 is 14.8 Å². The van der Waals surface area contributed by atoms with E-state index in [0.29, 0.717) is 48.8 Å². The van der Waals surface area contributed by atoms with Crippen LogP contribution >= 0.6 is 34.5 Å². The van der Waals surface area contributed by atoms with Gasteiger partial charge < -0.3 is 19.5 Å². The fourth-order valence-electron chi connectivity index (χ4n) is 3.74. The highest BCUT2D eigenvalue weighted by Gasteiger charge is 2.22. The molecule has 0 spiro atoms. The van der Waals surface area contributed by atoms with Gasteiger partial charge >= 0.3 is 5.97 Å². The lowest BCUT2D eigenvalue weighted by Crippen LogP contribution is -2.12. The number of carbonyl (C=O) groups is 2. The third-order valence-electron chi connectivity index (χ3n) is 5.64. The Morgan fingerprint density at radius 3 is 2.41 bits per heavy atom. The Morgan fingerprint density at radius 2 is 1.72 bits per heavy atom. The van der Waals surface area contributed by atoms with Gasteiger partial charge in [0.15, 0.2) is 11.5 Å². The Morgan fingerprint density at radius 1 is 0.974 bits per heavy atom. The lowest BCUT2D eigenvalue weighted by atomic mass is 10.0. The molecule has 1 aromatic heterocycles. The summed E-state index contributed by atoms with van der Waals surface area (Å²) in [5.41, 5.74) is 3.29. The molecule has 0 fully saturated rings. The number of amides is 1. The molecule has 1 N–H and O–H groups in total. The second-order valence-corrected chi connectivity index (χ2v) is 9.86. The van der Waals surface area contributed by atoms with Crippen molar-refractivity contribution in [3.63, 3.8) is 0 Å². The predicted octanol–water partition coefficient (Wildman–Crippen LogP) is 8.14. The highest BCUT2D eigenvalue weighted by Crippen LogP contribution is 2.36. The number of hydrogen-bond donors (Lipinski definition) is 1. The van der Waals surface area contributed by atoms with Crippen LogP contribution in [0.15, 0.2) is 78.2 Å². The molecule has 0 aliphatic heterocycles. The van der Waals surface area contributed by atoms with Crippen LogP contribution in [0.5, 0.6) is 11.5 Å². The second kappa shape index (κ2) is 13.3. The van der Waals surface area contributed by atoms with Crippen LogP contribution in [-0.2, 0) is 16.1 Å². The van der Waals surface area contributed by atoms with Gasteiger partial charge in [-0.1, -0.05) is 65.7 Å². The molecule has 3 aromatic carbocycles. The number of halogens is 2. The van der Waals surface area contributed by atoms with Crippen LogP contribution in [-0.4, -0.2) is 25.6 Å². The van der Waals surface area contributed by atoms with E-state index in [-0.39, 0.29) is 13.2 Å². The molecule has 0 saturated heterocycles. The molecule has 0 unspecified atom stereocenters. The summed E-state index contributed by atoms with van der Waals surface area (Å²) in [7, 11) is 1.53. The van der Waals surface area contributed by atoms with E-state index in [1.807, 2.05) is 35.7 Å². The summed E-state index contributed by atoms with van der Waals surface area (Å²) in [5.74, 6) is 0.0993. The summed E-state index contributed by atoms with van der Waals surface area (Å²) in [6.07, 6.45) is 3.03. The lowest BCUT2D eigenvalue weighted by Gasteiger charge is -2.13. The van der Waals surface area contributed by atoms with Gasteiger partial charge in [-0.05, 0) is 48.4 Å². The first kappa shape index (κ1) is 28.2. The Labute approximate surface area is 240 Å². The maximum Gasteiger partial charge on any atom is 0.341 e. The standard InChI is InChI=1S/C30H25Cl2NO5S/c1-3-37-30(35)28-22(20-8-5-4-6-9-20)18-39-29(28)33-27(34)15-13-19-12-14-25(26(16-19)36-2)38-17-21-23(31)10-7-11-24(21)32/h4-16,18H,3,17H2,1-2H3,(H,33,34). The number of ether oxygens (including phenoxy) is 3. The summed E-state index contributed by atoms with van der Waals surface area (Å²) >= 11 is 13.7. The predicted molar refractivity (Wildman–Crippen MR) is 157 cm³/mol. The van der Waals surface area contributed by atoms with Gasteiger partial charge in [-0.25, -0.2) is 4.79 Å². The minimum Gasteiger partial charge on any atom is -0.493 e. The third kappa shape index (κ3) is 7.00. The minimum absolute atomic E-state index is 0.168. The van der Waals surface area contributed by atoms with E-state index in [1.165, 1.54) is 24.5 Å². The molecular weight excluding hydrogens is 557 g/mol. The smallest absolute Gasteiger partial charge is 0.341 e. The number of benzene rings is 3. The molecule has 0 saturated carbocycles. The Kier molecular flexibility index (Phi) is 9.65. The van der Waals surface area contributed by atoms with Gasteiger partial charge in [-0.2, -0.15) is 0 Å². The summed E-state index contributed by atoms with van der Waals surface area (Å²) in [4.78, 5) is 25.5. The molecule has 4 rings (SSSR count). The van der Waals surface area contributed by atoms with E-state index in [1.54, 1.807) is 49.4 Å². The monoisotopic (exact) mass is 581 g/mol. The van der Waals surface area contributed by atoms with Gasteiger partial charge in [0.1, 0.15) is 17.2 Å². The van der Waals surface area contributed by atoms with Crippen molar-refractivity contribution >= 4 is 57.5 Å². The van der Waals surface area contributed by atoms with Crippen molar-refractivity contribution in [3.05, 3.63) is 105 Å². The number of rotatable bonds is 10. The Balaban J connectivity index is 1.48. The summed E-state index contributed by atoms with van der Waals surface area (Å²) in [6, 6.07) is 20.0. The van der Waals surface area contributed by atoms with Gasteiger partial charge in [0, 0.05) is 32.6 Å². The summed E-state index contributed by atoms with van der Waals surface area (Å²) in [6.45, 7) is 2.13. The summed E-state index contributed by atoms with van der Waals surface area (Å²) in [5, 5.41) is 6.09. The first-order chi connectivity index (χ1) is 18.9. The van der Waals surface area contributed by atoms with Crippen LogP contribution in [0, 0.1) is 0 Å². The van der Waals surface area contributed by atoms with E-state index in [2.05, 4.69) is 5.32 Å². The third-order valence-corrected chi connectivity index (χ3v) is 7.24. The van der Waals surface area contributed by atoms with E-state index in [9.17, 15) is 9.59 Å². The molecule has 0 atom stereocenters. The SMILES string of the molecule is CCOC(=O)c1c(-c2ccccc2)csc1NC(=O)C=Cc1ccc(OCc2c(Cl)cccc2Cl)c(OC)c1. The van der Waals surface area contributed by atoms with E-state index in [4.69, 9.17) is 37.4 Å². The van der Waals surface area contributed by atoms with Gasteiger partial charge in [0.2, 0.25) is 5.91 Å². The number of hydrogen-bond acceptors (Lipinski definition) is 6. The average Bonchev–Trinajstić information content (AvgIpc) is 3.36. The fraction of sp³-hybridized carbons (Fsp3) is 0.133. The Hall–Kier alpha value is -3.78. The normalized spacial score (nSPS) is 10.9. The lowest BCUT2D eigenvalue weighted by molar-refractivity contribution is -0.111. The molecule has 9 heteroatoms. The molecule has 0 bridgehead atoms. The van der Waals surface area contributed by atoms with Crippen molar-refractivity contribution in [1.29, 1.82) is 0 Å². The van der Waals surface area contributed by atoms with Crippen LogP contribution in [0.25, 0.3) is 17.2 Å². The largest absolute Gasteiger partial charge is 0.493 e. The number of thiophene rings is 1. The topological polar surface area (TPSA) is 73.9 Å². The van der Waals surface area contributed by atoms with Gasteiger partial charge in [-0.15, -0.1) is 11.3 Å². The molecule has 200 valence electrons. The fourth-order valence-corrected chi connectivity index (χ4v) is 5.21. The molecule has 39 heavy (non-hydrogen) atoms. The zero-order chi connectivity index (χ0) is 27.8. The molecular formula is C30H25Cl2NO5S. The zero-order valence-corrected chi connectivity index (χ0v) is 23.5. The van der Waals surface area contributed by atoms with Crippen molar-refractivity contribution in [1.82, 2.24) is 0 Å². The second-order valence-electron chi connectivity index (χ2n) is 8.16. The first-order valence-corrected chi connectivity index (χ1v) is 13.6. The van der Waals surface area contributed by atoms with Gasteiger partial charge in [0.05, 0.1) is 13.7 Å². The Bertz CT molecular complexity index is 1480. The number of anilines is 1. The molecule has 0 radical (unpaired) electrons. The van der Waals surface area contributed by atoms with Crippen LogP contribution in [0.3, 0.4) is 0 Å². The molecule has 0 aliphatic carbocycles. The van der Waals surface area contributed by atoms with Crippen LogP contribution in [0.1, 0.15) is 28.4 Å². The van der Waals surface area contributed by atoms with E-state index >= 15 is 0 Å². The van der Waals surface area contributed by atoms with Crippen LogP contribution in [0.2, 0.25) is 10.0 Å². The quantitative estimate of drug-likeness (QED) is 0.151. The molecule has 0 aliphatic rings. The summed E-state index contributed by atoms with van der Waals surface area (Å²) < 4.78 is 16.6. The number of esters is 1. The first-order valence-electron chi connectivity index (χ1n) is 12.0. The van der Waals surface area contributed by atoms with Crippen molar-refractivity contribution in [2.75, 3.05) is 19.0 Å². The number of nitrogens with one attached hydrogen (secondary N) is 1. The highest BCUT2D eigenvalue weighted by atomic mass is 35.5. The van der Waals surface area contributed by atoms with E-state index < -0.39 is 11.9 Å². The van der Waals surface area contributed by atoms with Crippen LogP contribution in [0.4, 0.5) is 5.00 Å². The number of methoxy groups -OCH3 is 1. The van der Waals surface area contributed by atoms with Gasteiger partial charge in [0.25, 0.3) is 0 Å². The average molecular weight is 583 g/mol. The minimum atomic E-state index is -0.490. The molecule has 6 nitrogen and oxygen atoms in total.